The van der Waals surface area contributed by atoms with Gasteiger partial charge < -0.3 is 9.64 Å². The first kappa shape index (κ1) is 18.3. The SMILES string of the molecule is COc1ccc(N2Cc3nn(CC(=O)N4CCCCCC4)c(=O)n3C2=O)cc1. The fraction of sp³-hybridized carbons (Fsp3) is 0.474. The van der Waals surface area contributed by atoms with Crippen molar-refractivity contribution in [3.05, 3.63) is 40.6 Å². The fourth-order valence-electron chi connectivity index (χ4n) is 3.69. The predicted octanol–water partition coefficient (Wildman–Crippen LogP) is 1.44. The third-order valence-electron chi connectivity index (χ3n) is 5.26. The zero-order valence-electron chi connectivity index (χ0n) is 15.8. The van der Waals surface area contributed by atoms with Gasteiger partial charge in [-0.2, -0.15) is 9.67 Å². The average Bonchev–Trinajstić information content (AvgIpc) is 3.03. The first-order chi connectivity index (χ1) is 13.6. The highest BCUT2D eigenvalue weighted by Gasteiger charge is 2.34. The lowest BCUT2D eigenvalue weighted by Crippen LogP contribution is -2.39. The molecule has 1 saturated heterocycles. The van der Waals surface area contributed by atoms with Gasteiger partial charge in [-0.25, -0.2) is 14.3 Å². The molecule has 0 N–H and O–H groups in total. The summed E-state index contributed by atoms with van der Waals surface area (Å²) in [6.07, 6.45) is 4.21. The lowest BCUT2D eigenvalue weighted by Gasteiger charge is -2.20. The quantitative estimate of drug-likeness (QED) is 0.795. The lowest BCUT2D eigenvalue weighted by atomic mass is 10.2. The number of benzene rings is 1. The van der Waals surface area contributed by atoms with E-state index in [4.69, 9.17) is 4.74 Å². The van der Waals surface area contributed by atoms with E-state index in [0.717, 1.165) is 34.9 Å². The number of hydrogen-bond acceptors (Lipinski definition) is 5. The predicted molar refractivity (Wildman–Crippen MR) is 102 cm³/mol. The Labute approximate surface area is 162 Å². The number of hydrogen-bond donors (Lipinski definition) is 0. The summed E-state index contributed by atoms with van der Waals surface area (Å²) in [6.45, 7) is 1.48. The van der Waals surface area contributed by atoms with E-state index in [-0.39, 0.29) is 19.0 Å². The van der Waals surface area contributed by atoms with Crippen LogP contribution in [0.3, 0.4) is 0 Å². The molecule has 1 fully saturated rings. The van der Waals surface area contributed by atoms with Gasteiger partial charge in [-0.1, -0.05) is 12.8 Å². The largest absolute Gasteiger partial charge is 0.497 e. The van der Waals surface area contributed by atoms with Crippen molar-refractivity contribution in [3.63, 3.8) is 0 Å². The van der Waals surface area contributed by atoms with E-state index in [9.17, 15) is 14.4 Å². The molecular weight excluding hydrogens is 362 g/mol. The number of carbonyl (C=O) groups excluding carboxylic acids is 2. The first-order valence-corrected chi connectivity index (χ1v) is 9.51. The van der Waals surface area contributed by atoms with Crippen LogP contribution in [0, 0.1) is 0 Å². The second-order valence-corrected chi connectivity index (χ2v) is 7.05. The van der Waals surface area contributed by atoms with Crippen molar-refractivity contribution in [1.82, 2.24) is 19.2 Å². The molecule has 0 aliphatic carbocycles. The number of amides is 2. The van der Waals surface area contributed by atoms with Gasteiger partial charge in [0.25, 0.3) is 0 Å². The monoisotopic (exact) mass is 385 g/mol. The van der Waals surface area contributed by atoms with Gasteiger partial charge in [-0.3, -0.25) is 9.69 Å². The summed E-state index contributed by atoms with van der Waals surface area (Å²) in [5, 5.41) is 4.24. The van der Waals surface area contributed by atoms with E-state index in [0.29, 0.717) is 30.4 Å². The summed E-state index contributed by atoms with van der Waals surface area (Å²) < 4.78 is 7.27. The molecule has 1 aromatic heterocycles. The van der Waals surface area contributed by atoms with Crippen LogP contribution in [-0.4, -0.2) is 51.4 Å². The summed E-state index contributed by atoms with van der Waals surface area (Å²) in [5.41, 5.74) is 0.0853. The molecule has 0 bridgehead atoms. The Bertz CT molecular complexity index is 938. The normalized spacial score (nSPS) is 16.8. The second-order valence-electron chi connectivity index (χ2n) is 7.05. The van der Waals surface area contributed by atoms with E-state index >= 15 is 0 Å². The van der Waals surface area contributed by atoms with Gasteiger partial charge in [-0.15, -0.1) is 0 Å². The highest BCUT2D eigenvalue weighted by molar-refractivity contribution is 5.96. The zero-order valence-corrected chi connectivity index (χ0v) is 15.8. The highest BCUT2D eigenvalue weighted by atomic mass is 16.5. The van der Waals surface area contributed by atoms with Crippen LogP contribution >= 0.6 is 0 Å². The molecule has 2 amide bonds. The van der Waals surface area contributed by atoms with Crippen LogP contribution in [0.15, 0.2) is 29.1 Å². The van der Waals surface area contributed by atoms with Gasteiger partial charge in [0.1, 0.15) is 12.3 Å². The lowest BCUT2D eigenvalue weighted by molar-refractivity contribution is -0.132. The summed E-state index contributed by atoms with van der Waals surface area (Å²) in [4.78, 5) is 41.2. The summed E-state index contributed by atoms with van der Waals surface area (Å²) in [5.74, 6) is 0.900. The van der Waals surface area contributed by atoms with Gasteiger partial charge in [0, 0.05) is 18.8 Å². The van der Waals surface area contributed by atoms with Crippen molar-refractivity contribution in [1.29, 1.82) is 0 Å². The molecule has 3 heterocycles. The van der Waals surface area contributed by atoms with Gasteiger partial charge >= 0.3 is 11.7 Å². The molecular formula is C19H23N5O4. The number of methoxy groups -OCH3 is 1. The van der Waals surface area contributed by atoms with Crippen LogP contribution in [0.1, 0.15) is 31.5 Å². The number of anilines is 1. The number of rotatable bonds is 4. The molecule has 1 aromatic carbocycles. The van der Waals surface area contributed by atoms with Crippen molar-refractivity contribution < 1.29 is 14.3 Å². The number of aromatic nitrogens is 3. The maximum Gasteiger partial charge on any atom is 0.354 e. The molecule has 2 aliphatic heterocycles. The molecule has 4 rings (SSSR count). The van der Waals surface area contributed by atoms with Gasteiger partial charge in [0.15, 0.2) is 5.82 Å². The third-order valence-corrected chi connectivity index (χ3v) is 5.26. The number of fused-ring (bicyclic) bond motifs is 1. The Morgan fingerprint density at radius 3 is 2.36 bits per heavy atom. The summed E-state index contributed by atoms with van der Waals surface area (Å²) in [6, 6.07) is 6.55. The molecule has 2 aromatic rings. The van der Waals surface area contributed by atoms with Gasteiger partial charge in [0.05, 0.1) is 13.7 Å². The number of carbonyl (C=O) groups is 2. The Morgan fingerprint density at radius 2 is 1.75 bits per heavy atom. The van der Waals surface area contributed by atoms with Crippen molar-refractivity contribution in [2.75, 3.05) is 25.1 Å². The maximum absolute atomic E-state index is 12.7. The number of nitrogens with zero attached hydrogens (tertiary/aromatic N) is 5. The number of likely N-dealkylation sites (tertiary alicyclic amines) is 1. The number of ether oxygens (including phenoxy) is 1. The van der Waals surface area contributed by atoms with E-state index in [2.05, 4.69) is 5.10 Å². The smallest absolute Gasteiger partial charge is 0.354 e. The average molecular weight is 385 g/mol. The third kappa shape index (κ3) is 3.28. The van der Waals surface area contributed by atoms with Crippen LogP contribution in [0.5, 0.6) is 5.75 Å². The molecule has 0 unspecified atom stereocenters. The topological polar surface area (TPSA) is 89.7 Å². The summed E-state index contributed by atoms with van der Waals surface area (Å²) >= 11 is 0. The van der Waals surface area contributed by atoms with E-state index < -0.39 is 11.7 Å². The van der Waals surface area contributed by atoms with Crippen LogP contribution in [0.25, 0.3) is 0 Å². The molecule has 2 aliphatic rings. The van der Waals surface area contributed by atoms with Crippen molar-refractivity contribution in [2.45, 2.75) is 38.8 Å². The Kier molecular flexibility index (Phi) is 4.89. The Hall–Kier alpha value is -3.10. The molecule has 0 atom stereocenters. The van der Waals surface area contributed by atoms with E-state index in [1.54, 1.807) is 36.3 Å². The summed E-state index contributed by atoms with van der Waals surface area (Å²) in [7, 11) is 1.57. The first-order valence-electron chi connectivity index (χ1n) is 9.51. The minimum absolute atomic E-state index is 0.125. The van der Waals surface area contributed by atoms with Crippen LogP contribution in [0.2, 0.25) is 0 Å². The molecule has 0 saturated carbocycles. The van der Waals surface area contributed by atoms with Crippen molar-refractivity contribution in [3.8, 4) is 5.75 Å². The minimum Gasteiger partial charge on any atom is -0.497 e. The zero-order chi connectivity index (χ0) is 19.7. The second kappa shape index (κ2) is 7.49. The Morgan fingerprint density at radius 1 is 1.07 bits per heavy atom. The molecule has 0 spiro atoms. The standard InChI is InChI=1S/C19H23N5O4/c1-28-15-8-6-14(7-9-15)22-12-16-20-23(19(27)24(16)18(22)26)13-17(25)21-10-4-2-3-5-11-21/h6-9H,2-5,10-13H2,1H3. The Balaban J connectivity index is 1.50. The van der Waals surface area contributed by atoms with Crippen LogP contribution in [0.4, 0.5) is 10.5 Å². The van der Waals surface area contributed by atoms with E-state index in [1.165, 1.54) is 4.90 Å². The van der Waals surface area contributed by atoms with Crippen LogP contribution < -0.4 is 15.3 Å². The van der Waals surface area contributed by atoms with Crippen LogP contribution in [-0.2, 0) is 17.9 Å². The highest BCUT2D eigenvalue weighted by Crippen LogP contribution is 2.24. The molecule has 28 heavy (non-hydrogen) atoms. The van der Waals surface area contributed by atoms with Gasteiger partial charge in [0.2, 0.25) is 5.91 Å². The maximum atomic E-state index is 12.7. The fourth-order valence-corrected chi connectivity index (χ4v) is 3.69. The molecule has 9 nitrogen and oxygen atoms in total. The minimum atomic E-state index is -0.570. The van der Waals surface area contributed by atoms with Crippen molar-refractivity contribution in [2.24, 2.45) is 0 Å². The molecule has 148 valence electrons. The van der Waals surface area contributed by atoms with E-state index in [1.807, 2.05) is 0 Å². The van der Waals surface area contributed by atoms with Crippen molar-refractivity contribution >= 4 is 17.6 Å². The molecule has 9 heteroatoms. The van der Waals surface area contributed by atoms with Gasteiger partial charge in [-0.05, 0) is 37.1 Å². The molecule has 0 radical (unpaired) electrons.